The average molecular weight is 260 g/mol. The van der Waals surface area contributed by atoms with Crippen molar-refractivity contribution in [3.8, 4) is 17.0 Å². The van der Waals surface area contributed by atoms with E-state index in [1.165, 1.54) is 0 Å². The minimum Gasteiger partial charge on any atom is -0.494 e. The van der Waals surface area contributed by atoms with E-state index in [1.807, 2.05) is 33.8 Å². The molecule has 0 amide bonds. The van der Waals surface area contributed by atoms with E-state index in [1.54, 1.807) is 0 Å². The van der Waals surface area contributed by atoms with Crippen molar-refractivity contribution in [2.75, 3.05) is 6.61 Å². The Morgan fingerprint density at radius 2 is 1.95 bits per heavy atom. The summed E-state index contributed by atoms with van der Waals surface area (Å²) in [4.78, 5) is 4.44. The van der Waals surface area contributed by atoms with E-state index in [-0.39, 0.29) is 0 Å². The number of aryl methyl sites for hydroxylation is 3. The molecule has 4 heteroatoms. The van der Waals surface area contributed by atoms with E-state index in [4.69, 9.17) is 14.9 Å². The molecule has 4 nitrogen and oxygen atoms in total. The van der Waals surface area contributed by atoms with Crippen LogP contribution < -0.4 is 10.5 Å². The molecule has 0 aliphatic carbocycles. The molecule has 2 rings (SSSR count). The predicted molar refractivity (Wildman–Crippen MR) is 75.2 cm³/mol. The lowest BCUT2D eigenvalue weighted by molar-refractivity contribution is 0.337. The number of benzene rings is 1. The molecule has 2 aromatic rings. The number of aromatic nitrogens is 1. The van der Waals surface area contributed by atoms with Gasteiger partial charge in [-0.3, -0.25) is 0 Å². The van der Waals surface area contributed by atoms with Crippen LogP contribution in [0, 0.1) is 20.8 Å². The van der Waals surface area contributed by atoms with Crippen molar-refractivity contribution in [3.05, 3.63) is 34.9 Å². The summed E-state index contributed by atoms with van der Waals surface area (Å²) in [5, 5.41) is 0. The second-order valence-electron chi connectivity index (χ2n) is 4.58. The highest BCUT2D eigenvalue weighted by Crippen LogP contribution is 2.31. The number of ether oxygens (including phenoxy) is 1. The minimum atomic E-state index is 0.315. The van der Waals surface area contributed by atoms with Crippen LogP contribution in [0.15, 0.2) is 16.5 Å². The zero-order valence-electron chi connectivity index (χ0n) is 11.9. The lowest BCUT2D eigenvalue weighted by Crippen LogP contribution is -1.97. The SMILES string of the molecule is CCOc1cc(C)c(-c2nc(CN)oc2C)cc1C. The first-order chi connectivity index (χ1) is 9.06. The molecule has 0 saturated heterocycles. The number of hydrogen-bond donors (Lipinski definition) is 1. The van der Waals surface area contributed by atoms with Gasteiger partial charge in [0, 0.05) is 5.56 Å². The first-order valence-electron chi connectivity index (χ1n) is 6.47. The summed E-state index contributed by atoms with van der Waals surface area (Å²) in [6, 6.07) is 4.13. The van der Waals surface area contributed by atoms with Gasteiger partial charge >= 0.3 is 0 Å². The van der Waals surface area contributed by atoms with Crippen LogP contribution in [0.4, 0.5) is 0 Å². The predicted octanol–water partition coefficient (Wildman–Crippen LogP) is 3.12. The summed E-state index contributed by atoms with van der Waals surface area (Å²) < 4.78 is 11.1. The van der Waals surface area contributed by atoms with Gasteiger partial charge in [-0.15, -0.1) is 0 Å². The van der Waals surface area contributed by atoms with Crippen molar-refractivity contribution < 1.29 is 9.15 Å². The number of hydrogen-bond acceptors (Lipinski definition) is 4. The summed E-state index contributed by atoms with van der Waals surface area (Å²) in [6.07, 6.45) is 0. The molecule has 1 aromatic heterocycles. The lowest BCUT2D eigenvalue weighted by Gasteiger charge is -2.11. The molecule has 0 atom stereocenters. The third-order valence-electron chi connectivity index (χ3n) is 3.09. The topological polar surface area (TPSA) is 61.3 Å². The summed E-state index contributed by atoms with van der Waals surface area (Å²) in [5.74, 6) is 2.29. The summed E-state index contributed by atoms with van der Waals surface area (Å²) in [6.45, 7) is 8.96. The largest absolute Gasteiger partial charge is 0.494 e. The third-order valence-corrected chi connectivity index (χ3v) is 3.09. The highest BCUT2D eigenvalue weighted by atomic mass is 16.5. The highest BCUT2D eigenvalue weighted by Gasteiger charge is 2.14. The fraction of sp³-hybridized carbons (Fsp3) is 0.400. The summed E-state index contributed by atoms with van der Waals surface area (Å²) in [5.41, 5.74) is 9.72. The van der Waals surface area contributed by atoms with Gasteiger partial charge in [0.15, 0.2) is 0 Å². The van der Waals surface area contributed by atoms with Crippen LogP contribution in [-0.2, 0) is 6.54 Å². The van der Waals surface area contributed by atoms with Crippen molar-refractivity contribution >= 4 is 0 Å². The van der Waals surface area contributed by atoms with Crippen LogP contribution in [0.2, 0.25) is 0 Å². The first-order valence-corrected chi connectivity index (χ1v) is 6.47. The van der Waals surface area contributed by atoms with Crippen molar-refractivity contribution in [1.29, 1.82) is 0 Å². The molecule has 1 aromatic carbocycles. The maximum Gasteiger partial charge on any atom is 0.208 e. The van der Waals surface area contributed by atoms with Crippen LogP contribution in [0.25, 0.3) is 11.3 Å². The van der Waals surface area contributed by atoms with Crippen molar-refractivity contribution in [2.24, 2.45) is 5.73 Å². The molecule has 2 N–H and O–H groups in total. The van der Waals surface area contributed by atoms with E-state index >= 15 is 0 Å². The second-order valence-corrected chi connectivity index (χ2v) is 4.58. The monoisotopic (exact) mass is 260 g/mol. The highest BCUT2D eigenvalue weighted by molar-refractivity contribution is 5.67. The zero-order valence-corrected chi connectivity index (χ0v) is 11.9. The Hall–Kier alpha value is -1.81. The molecule has 0 fully saturated rings. The molecular formula is C15H20N2O2. The summed E-state index contributed by atoms with van der Waals surface area (Å²) in [7, 11) is 0. The Kier molecular flexibility index (Phi) is 3.90. The molecule has 0 radical (unpaired) electrons. The Bertz CT molecular complexity index is 588. The Morgan fingerprint density at radius 1 is 1.21 bits per heavy atom. The number of nitrogens with two attached hydrogens (primary N) is 1. The fourth-order valence-electron chi connectivity index (χ4n) is 2.14. The van der Waals surface area contributed by atoms with Gasteiger partial charge in [0.25, 0.3) is 0 Å². The van der Waals surface area contributed by atoms with Crippen molar-refractivity contribution in [2.45, 2.75) is 34.2 Å². The average Bonchev–Trinajstić information content (AvgIpc) is 2.75. The zero-order chi connectivity index (χ0) is 14.0. The van der Waals surface area contributed by atoms with Gasteiger partial charge in [0.05, 0.1) is 13.2 Å². The van der Waals surface area contributed by atoms with Gasteiger partial charge in [-0.1, -0.05) is 0 Å². The van der Waals surface area contributed by atoms with E-state index in [9.17, 15) is 0 Å². The van der Waals surface area contributed by atoms with Gasteiger partial charge in [-0.25, -0.2) is 4.98 Å². The van der Waals surface area contributed by atoms with Crippen LogP contribution in [0.5, 0.6) is 5.75 Å². The maximum atomic E-state index is 5.60. The van der Waals surface area contributed by atoms with Gasteiger partial charge in [-0.05, 0) is 51.0 Å². The molecule has 0 aliphatic heterocycles. The van der Waals surface area contributed by atoms with E-state index < -0.39 is 0 Å². The van der Waals surface area contributed by atoms with Crippen molar-refractivity contribution in [1.82, 2.24) is 4.98 Å². The molecule has 102 valence electrons. The van der Waals surface area contributed by atoms with Gasteiger partial charge in [-0.2, -0.15) is 0 Å². The smallest absolute Gasteiger partial charge is 0.208 e. The van der Waals surface area contributed by atoms with E-state index in [2.05, 4.69) is 11.1 Å². The Balaban J connectivity index is 2.50. The molecule has 0 spiro atoms. The normalized spacial score (nSPS) is 10.8. The van der Waals surface area contributed by atoms with Gasteiger partial charge < -0.3 is 14.9 Å². The molecule has 0 bridgehead atoms. The molecule has 0 saturated carbocycles. The minimum absolute atomic E-state index is 0.315. The van der Waals surface area contributed by atoms with Crippen LogP contribution >= 0.6 is 0 Å². The van der Waals surface area contributed by atoms with Crippen LogP contribution in [0.3, 0.4) is 0 Å². The number of oxazole rings is 1. The lowest BCUT2D eigenvalue weighted by atomic mass is 10.0. The number of rotatable bonds is 4. The second kappa shape index (κ2) is 5.45. The van der Waals surface area contributed by atoms with Crippen LogP contribution in [-0.4, -0.2) is 11.6 Å². The van der Waals surface area contributed by atoms with Gasteiger partial charge in [0.1, 0.15) is 17.2 Å². The molecule has 1 heterocycles. The Morgan fingerprint density at radius 3 is 2.53 bits per heavy atom. The van der Waals surface area contributed by atoms with Crippen LogP contribution in [0.1, 0.15) is 29.7 Å². The van der Waals surface area contributed by atoms with Crippen molar-refractivity contribution in [3.63, 3.8) is 0 Å². The molecule has 19 heavy (non-hydrogen) atoms. The van der Waals surface area contributed by atoms with E-state index in [0.29, 0.717) is 19.0 Å². The van der Waals surface area contributed by atoms with Gasteiger partial charge in [0.2, 0.25) is 5.89 Å². The Labute approximate surface area is 113 Å². The fourth-order valence-corrected chi connectivity index (χ4v) is 2.14. The molecular weight excluding hydrogens is 240 g/mol. The summed E-state index contributed by atoms with van der Waals surface area (Å²) >= 11 is 0. The standard InChI is InChI=1S/C15H20N2O2/c1-5-18-13-7-9(2)12(6-10(13)3)15-11(4)19-14(8-16)17-15/h6-7H,5,8,16H2,1-4H3. The number of nitrogens with zero attached hydrogens (tertiary/aromatic N) is 1. The third kappa shape index (κ3) is 2.63. The van der Waals surface area contributed by atoms with E-state index in [0.717, 1.165) is 33.9 Å². The molecule has 0 unspecified atom stereocenters. The molecule has 0 aliphatic rings. The quantitative estimate of drug-likeness (QED) is 0.917. The first kappa shape index (κ1) is 13.6. The maximum absolute atomic E-state index is 5.60.